The fourth-order valence-corrected chi connectivity index (χ4v) is 3.81. The van der Waals surface area contributed by atoms with E-state index in [-0.39, 0.29) is 0 Å². The van der Waals surface area contributed by atoms with Gasteiger partial charge in [-0.25, -0.2) is 9.50 Å². The zero-order chi connectivity index (χ0) is 24.6. The molecule has 0 amide bonds. The number of fused-ring (bicyclic) bond motifs is 1. The highest BCUT2D eigenvalue weighted by atomic mass is 16.3. The Morgan fingerprint density at radius 2 is 1.61 bits per heavy atom. The number of aryl methyl sites for hydroxylation is 3. The van der Waals surface area contributed by atoms with Gasteiger partial charge >= 0.3 is 0 Å². The first-order valence-electron chi connectivity index (χ1n) is 11.5. The van der Waals surface area contributed by atoms with Gasteiger partial charge in [0.1, 0.15) is 13.7 Å². The van der Waals surface area contributed by atoms with Crippen molar-refractivity contribution >= 4 is 24.8 Å². The number of anilines is 1. The third-order valence-corrected chi connectivity index (χ3v) is 6.69. The Morgan fingerprint density at radius 1 is 1.00 bits per heavy atom. The number of rotatable bonds is 4. The fourth-order valence-electron chi connectivity index (χ4n) is 3.81. The molecule has 3 aromatic rings. The van der Waals surface area contributed by atoms with Gasteiger partial charge in [0, 0.05) is 30.2 Å². The second-order valence-corrected chi connectivity index (χ2v) is 10.1. The van der Waals surface area contributed by atoms with Crippen molar-refractivity contribution in [2.75, 3.05) is 18.0 Å². The van der Waals surface area contributed by atoms with E-state index in [1.165, 1.54) is 17.7 Å². The molecule has 1 saturated heterocycles. The van der Waals surface area contributed by atoms with Gasteiger partial charge in [-0.2, -0.15) is 10.1 Å². The first-order valence-corrected chi connectivity index (χ1v) is 11.5. The SMILES string of the molecule is CC(C)(O)C(C)(C)O.[B]c1ccc(N2CC[C@@H](Cc3c(C)nc4nc(C)nn4c3C)C2)cc1. The number of benzene rings is 1. The van der Waals surface area contributed by atoms with Crippen LogP contribution in [-0.2, 0) is 6.42 Å². The molecule has 0 bridgehead atoms. The van der Waals surface area contributed by atoms with Crippen LogP contribution in [0, 0.1) is 26.7 Å². The Kier molecular flexibility index (Phi) is 7.20. The zero-order valence-electron chi connectivity index (χ0n) is 20.9. The highest BCUT2D eigenvalue weighted by molar-refractivity contribution is 6.32. The Bertz CT molecular complexity index is 1090. The Balaban J connectivity index is 0.000000331. The van der Waals surface area contributed by atoms with Crippen LogP contribution < -0.4 is 10.4 Å². The minimum atomic E-state index is -1.01. The Hall–Kier alpha value is -2.45. The van der Waals surface area contributed by atoms with Crippen molar-refractivity contribution in [3.8, 4) is 0 Å². The second kappa shape index (κ2) is 9.43. The molecule has 3 heterocycles. The lowest BCUT2D eigenvalue weighted by Gasteiger charge is -2.31. The fraction of sp³-hybridized carbons (Fsp3) is 0.560. The molecule has 0 saturated carbocycles. The van der Waals surface area contributed by atoms with Gasteiger partial charge < -0.3 is 15.1 Å². The van der Waals surface area contributed by atoms with Crippen molar-refractivity contribution in [3.63, 3.8) is 0 Å². The van der Waals surface area contributed by atoms with Crippen molar-refractivity contribution in [2.45, 2.75) is 72.5 Å². The van der Waals surface area contributed by atoms with E-state index in [1.54, 1.807) is 27.7 Å². The zero-order valence-corrected chi connectivity index (χ0v) is 20.9. The average molecular weight is 449 g/mol. The predicted molar refractivity (Wildman–Crippen MR) is 133 cm³/mol. The Morgan fingerprint density at radius 3 is 2.18 bits per heavy atom. The summed E-state index contributed by atoms with van der Waals surface area (Å²) in [5.74, 6) is 2.09. The maximum atomic E-state index is 9.10. The monoisotopic (exact) mass is 449 g/mol. The number of aliphatic hydroxyl groups is 2. The molecule has 4 rings (SSSR count). The number of nitrogens with zero attached hydrogens (tertiary/aromatic N) is 5. The van der Waals surface area contributed by atoms with Crippen molar-refractivity contribution in [1.82, 2.24) is 19.6 Å². The molecule has 2 radical (unpaired) electrons. The minimum absolute atomic E-state index is 0.624. The van der Waals surface area contributed by atoms with Crippen LogP contribution in [0.15, 0.2) is 24.3 Å². The number of aromatic nitrogens is 4. The van der Waals surface area contributed by atoms with Crippen LogP contribution >= 0.6 is 0 Å². The van der Waals surface area contributed by atoms with Gasteiger partial charge in [-0.3, -0.25) is 0 Å². The summed E-state index contributed by atoms with van der Waals surface area (Å²) in [6, 6.07) is 8.17. The van der Waals surface area contributed by atoms with Gasteiger partial charge in [-0.1, -0.05) is 17.6 Å². The first-order chi connectivity index (χ1) is 15.3. The molecule has 0 aliphatic carbocycles. The van der Waals surface area contributed by atoms with Crippen molar-refractivity contribution in [1.29, 1.82) is 0 Å². The van der Waals surface area contributed by atoms with E-state index in [1.807, 2.05) is 23.6 Å². The van der Waals surface area contributed by atoms with Gasteiger partial charge in [0.2, 0.25) is 0 Å². The molecule has 1 aromatic carbocycles. The van der Waals surface area contributed by atoms with Crippen LogP contribution in [0.3, 0.4) is 0 Å². The molecule has 8 heteroatoms. The summed E-state index contributed by atoms with van der Waals surface area (Å²) in [6.45, 7) is 14.6. The molecule has 0 spiro atoms. The summed E-state index contributed by atoms with van der Waals surface area (Å²) in [7, 11) is 5.80. The molecule has 1 aliphatic rings. The van der Waals surface area contributed by atoms with Gasteiger partial charge in [-0.05, 0) is 84.9 Å². The number of hydrogen-bond donors (Lipinski definition) is 2. The van der Waals surface area contributed by atoms with Crippen LogP contribution in [0.1, 0.15) is 56.9 Å². The third-order valence-electron chi connectivity index (χ3n) is 6.69. The minimum Gasteiger partial charge on any atom is -0.387 e. The quantitative estimate of drug-likeness (QED) is 0.595. The largest absolute Gasteiger partial charge is 0.387 e. The van der Waals surface area contributed by atoms with E-state index in [2.05, 4.69) is 45.9 Å². The summed E-state index contributed by atoms with van der Waals surface area (Å²) in [6.07, 6.45) is 2.22. The van der Waals surface area contributed by atoms with E-state index in [4.69, 9.17) is 18.1 Å². The molecule has 2 N–H and O–H groups in total. The van der Waals surface area contributed by atoms with Gasteiger partial charge in [0.05, 0.1) is 11.2 Å². The van der Waals surface area contributed by atoms with Gasteiger partial charge in [0.25, 0.3) is 5.78 Å². The highest BCUT2D eigenvalue weighted by Gasteiger charge is 2.32. The van der Waals surface area contributed by atoms with Crippen molar-refractivity contribution in [2.24, 2.45) is 5.92 Å². The molecular weight excluding hydrogens is 413 g/mol. The predicted octanol–water partition coefficient (Wildman–Crippen LogP) is 2.44. The van der Waals surface area contributed by atoms with E-state index >= 15 is 0 Å². The van der Waals surface area contributed by atoms with Crippen molar-refractivity contribution in [3.05, 3.63) is 47.0 Å². The summed E-state index contributed by atoms with van der Waals surface area (Å²) < 4.78 is 1.88. The van der Waals surface area contributed by atoms with E-state index in [0.29, 0.717) is 11.7 Å². The summed E-state index contributed by atoms with van der Waals surface area (Å²) in [5.41, 5.74) is 3.60. The molecular formula is C25H36BN5O2. The lowest BCUT2D eigenvalue weighted by molar-refractivity contribution is -0.107. The first kappa shape index (κ1) is 25.2. The molecule has 1 atom stereocenters. The topological polar surface area (TPSA) is 86.8 Å². The van der Waals surface area contributed by atoms with Crippen LogP contribution in [0.2, 0.25) is 0 Å². The summed E-state index contributed by atoms with van der Waals surface area (Å²) in [4.78, 5) is 11.5. The van der Waals surface area contributed by atoms with Gasteiger partial charge in [-0.15, -0.1) is 0 Å². The van der Waals surface area contributed by atoms with E-state index < -0.39 is 11.2 Å². The standard InChI is InChI=1S/C19H22BN5.C6H14O2/c1-12-18(13(2)25-19(21-12)22-14(3)23-25)10-15-8-9-24(11-15)17-6-4-16(20)5-7-17;1-5(2,7)6(3,4)8/h4-7,15H,8-11H2,1-3H3;7-8H,1-4H3/t15-;/m0./s1. The molecule has 7 nitrogen and oxygen atoms in total. The van der Waals surface area contributed by atoms with Crippen molar-refractivity contribution < 1.29 is 10.2 Å². The molecule has 176 valence electrons. The average Bonchev–Trinajstić information content (AvgIpc) is 3.31. The highest BCUT2D eigenvalue weighted by Crippen LogP contribution is 2.27. The van der Waals surface area contributed by atoms with Crippen LogP contribution in [-0.4, -0.2) is 61.9 Å². The summed E-state index contributed by atoms with van der Waals surface area (Å²) in [5, 5.41) is 22.7. The third kappa shape index (κ3) is 5.92. The van der Waals surface area contributed by atoms with E-state index in [0.717, 1.165) is 42.2 Å². The van der Waals surface area contributed by atoms with Crippen LogP contribution in [0.5, 0.6) is 0 Å². The second-order valence-electron chi connectivity index (χ2n) is 10.1. The maximum Gasteiger partial charge on any atom is 0.252 e. The van der Waals surface area contributed by atoms with Crippen LogP contribution in [0.25, 0.3) is 5.78 Å². The normalized spacial score (nSPS) is 16.8. The maximum absolute atomic E-state index is 9.10. The molecule has 33 heavy (non-hydrogen) atoms. The lowest BCUT2D eigenvalue weighted by Crippen LogP contribution is -2.44. The molecule has 0 unspecified atom stereocenters. The Labute approximate surface area is 198 Å². The lowest BCUT2D eigenvalue weighted by atomic mass is 9.90. The molecule has 1 fully saturated rings. The van der Waals surface area contributed by atoms with Gasteiger partial charge in [0.15, 0.2) is 0 Å². The van der Waals surface area contributed by atoms with Crippen LogP contribution in [0.4, 0.5) is 5.69 Å². The summed E-state index contributed by atoms with van der Waals surface area (Å²) >= 11 is 0. The molecule has 2 aromatic heterocycles. The van der Waals surface area contributed by atoms with E-state index in [9.17, 15) is 0 Å². The number of hydrogen-bond acceptors (Lipinski definition) is 6. The molecule has 1 aliphatic heterocycles. The smallest absolute Gasteiger partial charge is 0.252 e.